The Morgan fingerprint density at radius 2 is 2.00 bits per heavy atom. The highest BCUT2D eigenvalue weighted by Crippen LogP contribution is 2.27. The molecule has 0 radical (unpaired) electrons. The minimum atomic E-state index is -2.94. The molecule has 1 aromatic rings. The Morgan fingerprint density at radius 1 is 1.25 bits per heavy atom. The predicted molar refractivity (Wildman–Crippen MR) is 110 cm³/mol. The van der Waals surface area contributed by atoms with Crippen molar-refractivity contribution in [3.63, 3.8) is 0 Å². The molecule has 0 aromatic carbocycles. The maximum atomic E-state index is 12.8. The van der Waals surface area contributed by atoms with Gasteiger partial charge in [-0.25, -0.2) is 8.42 Å². The van der Waals surface area contributed by atoms with Crippen molar-refractivity contribution in [3.8, 4) is 0 Å². The first-order chi connectivity index (χ1) is 13.2. The van der Waals surface area contributed by atoms with Crippen LogP contribution in [-0.4, -0.2) is 71.6 Å². The maximum Gasteiger partial charge on any atom is 0.236 e. The lowest BCUT2D eigenvalue weighted by Gasteiger charge is -2.36. The number of carbonyl (C=O) groups is 1. The van der Waals surface area contributed by atoms with Crippen molar-refractivity contribution in [3.05, 3.63) is 17.0 Å². The molecule has 8 heteroatoms. The van der Waals surface area contributed by atoms with Gasteiger partial charge in [0.15, 0.2) is 9.84 Å². The molecule has 2 aliphatic heterocycles. The van der Waals surface area contributed by atoms with E-state index in [1.165, 1.54) is 6.42 Å². The zero-order valence-electron chi connectivity index (χ0n) is 17.6. The summed E-state index contributed by atoms with van der Waals surface area (Å²) < 4.78 is 25.5. The highest BCUT2D eigenvalue weighted by molar-refractivity contribution is 7.91. The van der Waals surface area contributed by atoms with Gasteiger partial charge >= 0.3 is 0 Å². The third kappa shape index (κ3) is 4.59. The Hall–Kier alpha value is -1.41. The quantitative estimate of drug-likeness (QED) is 0.718. The lowest BCUT2D eigenvalue weighted by Crippen LogP contribution is -2.47. The van der Waals surface area contributed by atoms with Gasteiger partial charge in [0.1, 0.15) is 0 Å². The highest BCUT2D eigenvalue weighted by atomic mass is 32.2. The summed E-state index contributed by atoms with van der Waals surface area (Å²) >= 11 is 0. The van der Waals surface area contributed by atoms with Gasteiger partial charge in [-0.05, 0) is 53.0 Å². The first kappa shape index (κ1) is 21.3. The zero-order valence-corrected chi connectivity index (χ0v) is 18.5. The molecular formula is C20H34N4O3S. The second-order valence-electron chi connectivity index (χ2n) is 8.47. The molecular weight excluding hydrogens is 376 g/mol. The summed E-state index contributed by atoms with van der Waals surface area (Å²) in [5, 5.41) is 4.64. The Kier molecular flexibility index (Phi) is 6.49. The summed E-state index contributed by atoms with van der Waals surface area (Å²) in [5.41, 5.74) is 3.04. The van der Waals surface area contributed by atoms with E-state index in [4.69, 9.17) is 0 Å². The summed E-state index contributed by atoms with van der Waals surface area (Å²) in [4.78, 5) is 16.9. The van der Waals surface area contributed by atoms with Crippen LogP contribution in [0.15, 0.2) is 0 Å². The minimum absolute atomic E-state index is 0.0666. The van der Waals surface area contributed by atoms with Crippen LogP contribution in [0, 0.1) is 13.8 Å². The predicted octanol–water partition coefficient (Wildman–Crippen LogP) is 2.08. The average molecular weight is 411 g/mol. The average Bonchev–Trinajstić information content (AvgIpc) is 3.15. The lowest BCUT2D eigenvalue weighted by atomic mass is 10.00. The highest BCUT2D eigenvalue weighted by Gasteiger charge is 2.32. The number of aryl methyl sites for hydroxylation is 1. The van der Waals surface area contributed by atoms with E-state index < -0.39 is 9.84 Å². The number of aromatic nitrogens is 2. The third-order valence-corrected chi connectivity index (χ3v) is 8.03. The Morgan fingerprint density at radius 3 is 2.64 bits per heavy atom. The van der Waals surface area contributed by atoms with E-state index in [1.54, 1.807) is 0 Å². The van der Waals surface area contributed by atoms with Crippen molar-refractivity contribution in [2.24, 2.45) is 0 Å². The molecule has 0 N–H and O–H groups in total. The van der Waals surface area contributed by atoms with E-state index in [2.05, 4.69) is 21.8 Å². The standard InChI is InChI=1S/C20H34N4O3S/c1-5-17-8-6-7-10-23(17)20(25)13-22(4)12-19-15(2)21-24(16(19)3)18-9-11-28(26,27)14-18/h17-18H,5-14H2,1-4H3/t17-,18+/m0/s1. The molecule has 0 bridgehead atoms. The fourth-order valence-corrected chi connectivity index (χ4v) is 6.34. The van der Waals surface area contributed by atoms with Gasteiger partial charge in [0, 0.05) is 30.4 Å². The molecule has 2 fully saturated rings. The smallest absolute Gasteiger partial charge is 0.236 e. The summed E-state index contributed by atoms with van der Waals surface area (Å²) in [6.45, 7) is 8.05. The number of hydrogen-bond acceptors (Lipinski definition) is 5. The van der Waals surface area contributed by atoms with Gasteiger partial charge in [-0.15, -0.1) is 0 Å². The molecule has 0 spiro atoms. The topological polar surface area (TPSA) is 75.5 Å². The molecule has 3 rings (SSSR count). The van der Waals surface area contributed by atoms with Crippen molar-refractivity contribution in [2.75, 3.05) is 31.6 Å². The molecule has 28 heavy (non-hydrogen) atoms. The Labute approximate surface area is 169 Å². The normalized spacial score (nSPS) is 24.8. The summed E-state index contributed by atoms with van der Waals surface area (Å²) in [5.74, 6) is 0.628. The SMILES string of the molecule is CC[C@H]1CCCCN1C(=O)CN(C)Cc1c(C)nn([C@@H]2CCS(=O)(=O)C2)c1C. The van der Waals surface area contributed by atoms with Crippen LogP contribution in [0.2, 0.25) is 0 Å². The van der Waals surface area contributed by atoms with E-state index in [1.807, 2.05) is 25.6 Å². The van der Waals surface area contributed by atoms with Crippen molar-refractivity contribution >= 4 is 15.7 Å². The van der Waals surface area contributed by atoms with Crippen LogP contribution in [0.3, 0.4) is 0 Å². The number of sulfone groups is 1. The van der Waals surface area contributed by atoms with Crippen LogP contribution in [-0.2, 0) is 21.2 Å². The van der Waals surface area contributed by atoms with Crippen LogP contribution < -0.4 is 0 Å². The number of nitrogens with zero attached hydrogens (tertiary/aromatic N) is 4. The minimum Gasteiger partial charge on any atom is -0.339 e. The van der Waals surface area contributed by atoms with Crippen molar-refractivity contribution in [1.82, 2.24) is 19.6 Å². The number of carbonyl (C=O) groups excluding carboxylic acids is 1. The van der Waals surface area contributed by atoms with Crippen molar-refractivity contribution in [1.29, 1.82) is 0 Å². The number of piperidine rings is 1. The molecule has 158 valence electrons. The molecule has 1 amide bonds. The second kappa shape index (κ2) is 8.53. The third-order valence-electron chi connectivity index (χ3n) is 6.28. The summed E-state index contributed by atoms with van der Waals surface area (Å²) in [6.07, 6.45) is 5.07. The number of rotatable bonds is 6. The summed E-state index contributed by atoms with van der Waals surface area (Å²) in [6, 6.07) is 0.313. The molecule has 2 atom stereocenters. The first-order valence-electron chi connectivity index (χ1n) is 10.4. The van der Waals surface area contributed by atoms with Crippen LogP contribution in [0.5, 0.6) is 0 Å². The van der Waals surface area contributed by atoms with Crippen LogP contribution >= 0.6 is 0 Å². The lowest BCUT2D eigenvalue weighted by molar-refractivity contribution is -0.136. The molecule has 7 nitrogen and oxygen atoms in total. The van der Waals surface area contributed by atoms with Gasteiger partial charge in [-0.1, -0.05) is 6.92 Å². The van der Waals surface area contributed by atoms with E-state index in [-0.39, 0.29) is 23.5 Å². The Bertz CT molecular complexity index is 818. The van der Waals surface area contributed by atoms with Crippen LogP contribution in [0.1, 0.15) is 62.0 Å². The number of likely N-dealkylation sites (tertiary alicyclic amines) is 1. The molecule has 3 heterocycles. The number of likely N-dealkylation sites (N-methyl/N-ethyl adjacent to an activating group) is 1. The zero-order chi connectivity index (χ0) is 20.5. The van der Waals surface area contributed by atoms with Gasteiger partial charge in [0.05, 0.1) is 29.8 Å². The van der Waals surface area contributed by atoms with Gasteiger partial charge in [0.2, 0.25) is 5.91 Å². The van der Waals surface area contributed by atoms with Gasteiger partial charge < -0.3 is 4.90 Å². The van der Waals surface area contributed by atoms with Crippen LogP contribution in [0.4, 0.5) is 0 Å². The van der Waals surface area contributed by atoms with E-state index in [0.717, 1.165) is 42.8 Å². The fraction of sp³-hybridized carbons (Fsp3) is 0.800. The van der Waals surface area contributed by atoms with E-state index in [9.17, 15) is 13.2 Å². The maximum absolute atomic E-state index is 12.8. The summed E-state index contributed by atoms with van der Waals surface area (Å²) in [7, 11) is -0.973. The second-order valence-corrected chi connectivity index (χ2v) is 10.7. The molecule has 1 aromatic heterocycles. The first-order valence-corrected chi connectivity index (χ1v) is 12.3. The molecule has 0 unspecified atom stereocenters. The van der Waals surface area contributed by atoms with Crippen molar-refractivity contribution < 1.29 is 13.2 Å². The van der Waals surface area contributed by atoms with Crippen molar-refractivity contribution in [2.45, 2.75) is 71.5 Å². The molecule has 2 aliphatic rings. The van der Waals surface area contributed by atoms with Gasteiger partial charge in [-0.3, -0.25) is 14.4 Å². The van der Waals surface area contributed by atoms with Gasteiger partial charge in [-0.2, -0.15) is 5.10 Å². The molecule has 0 aliphatic carbocycles. The largest absolute Gasteiger partial charge is 0.339 e. The van der Waals surface area contributed by atoms with E-state index >= 15 is 0 Å². The van der Waals surface area contributed by atoms with Gasteiger partial charge in [0.25, 0.3) is 0 Å². The van der Waals surface area contributed by atoms with E-state index in [0.29, 0.717) is 25.6 Å². The molecule has 0 saturated carbocycles. The monoisotopic (exact) mass is 410 g/mol. The number of hydrogen-bond donors (Lipinski definition) is 0. The Balaban J connectivity index is 1.65. The van der Waals surface area contributed by atoms with Crippen LogP contribution in [0.25, 0.3) is 0 Å². The molecule has 2 saturated heterocycles. The fourth-order valence-electron chi connectivity index (χ4n) is 4.65. The number of amides is 1.